The minimum absolute atomic E-state index is 0.0703. The number of rotatable bonds is 4. The van der Waals surface area contributed by atoms with Crippen molar-refractivity contribution in [3.05, 3.63) is 29.8 Å². The van der Waals surface area contributed by atoms with E-state index in [-0.39, 0.29) is 23.8 Å². The number of carbonyl (C=O) groups excluding carboxylic acids is 2. The Labute approximate surface area is 141 Å². The lowest BCUT2D eigenvalue weighted by Crippen LogP contribution is -2.49. The molecule has 24 heavy (non-hydrogen) atoms. The first-order valence-electron chi connectivity index (χ1n) is 8.48. The number of hydrogen-bond donors (Lipinski definition) is 1. The van der Waals surface area contributed by atoms with E-state index in [2.05, 4.69) is 11.8 Å². The highest BCUT2D eigenvalue weighted by atomic mass is 16.4. The molecule has 3 rings (SSSR count). The van der Waals surface area contributed by atoms with Gasteiger partial charge in [-0.1, -0.05) is 19.4 Å². The van der Waals surface area contributed by atoms with E-state index in [1.54, 1.807) is 12.1 Å². The molecule has 0 bridgehead atoms. The van der Waals surface area contributed by atoms with Crippen molar-refractivity contribution >= 4 is 23.5 Å². The van der Waals surface area contributed by atoms with Crippen LogP contribution in [0.3, 0.4) is 0 Å². The Morgan fingerprint density at radius 3 is 2.79 bits per heavy atom. The Morgan fingerprint density at radius 2 is 2.08 bits per heavy atom. The van der Waals surface area contributed by atoms with E-state index >= 15 is 0 Å². The number of imide groups is 1. The zero-order valence-electron chi connectivity index (χ0n) is 13.8. The van der Waals surface area contributed by atoms with E-state index in [1.807, 2.05) is 0 Å². The third kappa shape index (κ3) is 2.94. The number of carboxylic acids is 1. The van der Waals surface area contributed by atoms with Gasteiger partial charge in [-0.2, -0.15) is 0 Å². The predicted octanol–water partition coefficient (Wildman–Crippen LogP) is 2.28. The topological polar surface area (TPSA) is 77.9 Å². The number of hydrogen-bond acceptors (Lipinski definition) is 4. The van der Waals surface area contributed by atoms with Crippen LogP contribution in [0.25, 0.3) is 0 Å². The van der Waals surface area contributed by atoms with Crippen molar-refractivity contribution in [1.82, 2.24) is 4.90 Å². The molecule has 2 atom stereocenters. The van der Waals surface area contributed by atoms with Gasteiger partial charge in [0.1, 0.15) is 0 Å². The molecule has 1 aromatic carbocycles. The number of nitrogens with zero attached hydrogens (tertiary/aromatic N) is 2. The van der Waals surface area contributed by atoms with E-state index in [0.717, 1.165) is 37.1 Å². The number of likely N-dealkylation sites (tertiary alicyclic amines) is 1. The second-order valence-electron chi connectivity index (χ2n) is 6.44. The van der Waals surface area contributed by atoms with Crippen LogP contribution in [0.15, 0.2) is 24.3 Å². The minimum Gasteiger partial charge on any atom is -0.478 e. The fraction of sp³-hybridized carbons (Fsp3) is 0.500. The quantitative estimate of drug-likeness (QED) is 0.857. The van der Waals surface area contributed by atoms with Crippen molar-refractivity contribution in [1.29, 1.82) is 0 Å². The number of piperidine rings is 1. The van der Waals surface area contributed by atoms with Gasteiger partial charge in [-0.25, -0.2) is 9.69 Å². The van der Waals surface area contributed by atoms with Crippen LogP contribution in [0.5, 0.6) is 0 Å². The van der Waals surface area contributed by atoms with Gasteiger partial charge in [0.2, 0.25) is 5.91 Å². The maximum absolute atomic E-state index is 12.9. The molecule has 0 spiro atoms. The van der Waals surface area contributed by atoms with E-state index in [0.29, 0.717) is 11.7 Å². The summed E-state index contributed by atoms with van der Waals surface area (Å²) in [6.45, 7) is 2.95. The molecule has 2 aliphatic heterocycles. The molecule has 0 radical (unpaired) electrons. The lowest BCUT2D eigenvalue weighted by atomic mass is 9.97. The number of aromatic carboxylic acids is 1. The fourth-order valence-corrected chi connectivity index (χ4v) is 3.80. The summed E-state index contributed by atoms with van der Waals surface area (Å²) in [5, 5.41) is 9.11. The third-order valence-electron chi connectivity index (χ3n) is 5.02. The predicted molar refractivity (Wildman–Crippen MR) is 88.9 cm³/mol. The number of carboxylic acid groups (broad SMARTS) is 1. The SMILES string of the molecule is CCC1CCCCN1C1CC(=O)N(c2cccc(C(=O)O)c2)C1=O. The Morgan fingerprint density at radius 1 is 1.29 bits per heavy atom. The van der Waals surface area contributed by atoms with Gasteiger partial charge < -0.3 is 5.11 Å². The summed E-state index contributed by atoms with van der Waals surface area (Å²) in [6.07, 6.45) is 4.40. The molecule has 1 aromatic rings. The molecule has 128 valence electrons. The highest BCUT2D eigenvalue weighted by Crippen LogP contribution is 2.30. The van der Waals surface area contributed by atoms with Gasteiger partial charge >= 0.3 is 5.97 Å². The molecule has 2 saturated heterocycles. The Bertz CT molecular complexity index is 673. The molecule has 0 saturated carbocycles. The van der Waals surface area contributed by atoms with Gasteiger partial charge in [0.05, 0.1) is 23.7 Å². The monoisotopic (exact) mass is 330 g/mol. The van der Waals surface area contributed by atoms with Crippen LogP contribution in [-0.4, -0.2) is 46.4 Å². The summed E-state index contributed by atoms with van der Waals surface area (Å²) in [7, 11) is 0. The van der Waals surface area contributed by atoms with Crippen molar-refractivity contribution < 1.29 is 19.5 Å². The van der Waals surface area contributed by atoms with Gasteiger partial charge in [0, 0.05) is 6.04 Å². The van der Waals surface area contributed by atoms with E-state index in [1.165, 1.54) is 12.1 Å². The fourth-order valence-electron chi connectivity index (χ4n) is 3.80. The Kier molecular flexibility index (Phi) is 4.66. The van der Waals surface area contributed by atoms with Gasteiger partial charge in [-0.15, -0.1) is 0 Å². The smallest absolute Gasteiger partial charge is 0.335 e. The maximum Gasteiger partial charge on any atom is 0.335 e. The molecule has 2 unspecified atom stereocenters. The van der Waals surface area contributed by atoms with Crippen LogP contribution < -0.4 is 4.90 Å². The van der Waals surface area contributed by atoms with Gasteiger partial charge in [-0.3, -0.25) is 14.5 Å². The normalized spacial score (nSPS) is 25.3. The first-order valence-corrected chi connectivity index (χ1v) is 8.48. The molecule has 0 aromatic heterocycles. The maximum atomic E-state index is 12.9. The molecule has 2 amide bonds. The number of anilines is 1. The van der Waals surface area contributed by atoms with Crippen LogP contribution in [0, 0.1) is 0 Å². The Balaban J connectivity index is 1.86. The molecule has 6 heteroatoms. The van der Waals surface area contributed by atoms with Crippen molar-refractivity contribution in [2.24, 2.45) is 0 Å². The van der Waals surface area contributed by atoms with E-state index < -0.39 is 12.0 Å². The van der Waals surface area contributed by atoms with Crippen LogP contribution in [-0.2, 0) is 9.59 Å². The first-order chi connectivity index (χ1) is 11.5. The summed E-state index contributed by atoms with van der Waals surface area (Å²) < 4.78 is 0. The summed E-state index contributed by atoms with van der Waals surface area (Å²) >= 11 is 0. The number of benzene rings is 1. The molecule has 2 fully saturated rings. The van der Waals surface area contributed by atoms with Crippen molar-refractivity contribution in [3.63, 3.8) is 0 Å². The molecule has 6 nitrogen and oxygen atoms in total. The highest BCUT2D eigenvalue weighted by Gasteiger charge is 2.44. The zero-order chi connectivity index (χ0) is 17.3. The first kappa shape index (κ1) is 16.6. The number of carbonyl (C=O) groups is 3. The van der Waals surface area contributed by atoms with Crippen LogP contribution >= 0.6 is 0 Å². The van der Waals surface area contributed by atoms with Crippen molar-refractivity contribution in [2.75, 3.05) is 11.4 Å². The number of amides is 2. The largest absolute Gasteiger partial charge is 0.478 e. The van der Waals surface area contributed by atoms with Crippen molar-refractivity contribution in [3.8, 4) is 0 Å². The molecule has 2 aliphatic rings. The lowest BCUT2D eigenvalue weighted by Gasteiger charge is -2.38. The second-order valence-corrected chi connectivity index (χ2v) is 6.44. The molecule has 2 heterocycles. The van der Waals surface area contributed by atoms with Gasteiger partial charge in [-0.05, 0) is 44.0 Å². The van der Waals surface area contributed by atoms with E-state index in [9.17, 15) is 14.4 Å². The van der Waals surface area contributed by atoms with Crippen LogP contribution in [0.1, 0.15) is 49.4 Å². The summed E-state index contributed by atoms with van der Waals surface area (Å²) in [4.78, 5) is 39.8. The molecule has 0 aliphatic carbocycles. The van der Waals surface area contributed by atoms with Crippen LogP contribution in [0.2, 0.25) is 0 Å². The van der Waals surface area contributed by atoms with Gasteiger partial charge in [0.25, 0.3) is 5.91 Å². The highest BCUT2D eigenvalue weighted by molar-refractivity contribution is 6.22. The molecular formula is C18H22N2O4. The van der Waals surface area contributed by atoms with Gasteiger partial charge in [0.15, 0.2) is 0 Å². The van der Waals surface area contributed by atoms with Crippen molar-refractivity contribution in [2.45, 2.75) is 51.1 Å². The van der Waals surface area contributed by atoms with E-state index in [4.69, 9.17) is 5.11 Å². The summed E-state index contributed by atoms with van der Waals surface area (Å²) in [5.74, 6) is -1.56. The third-order valence-corrected chi connectivity index (χ3v) is 5.02. The summed E-state index contributed by atoms with van der Waals surface area (Å²) in [6, 6.07) is 5.92. The molecule has 1 N–H and O–H groups in total. The lowest BCUT2D eigenvalue weighted by molar-refractivity contribution is -0.123. The minimum atomic E-state index is -1.07. The second kappa shape index (κ2) is 6.73. The average Bonchev–Trinajstić information content (AvgIpc) is 2.89. The standard InChI is InChI=1S/C18H22N2O4/c1-2-13-7-3-4-9-19(13)15-11-16(21)20(17(15)22)14-8-5-6-12(10-14)18(23)24/h5-6,8,10,13,15H,2-4,7,9,11H2,1H3,(H,23,24). The average molecular weight is 330 g/mol. The molecular weight excluding hydrogens is 308 g/mol. The van der Waals surface area contributed by atoms with Crippen LogP contribution in [0.4, 0.5) is 5.69 Å². The zero-order valence-corrected chi connectivity index (χ0v) is 13.8. The summed E-state index contributed by atoms with van der Waals surface area (Å²) in [5.41, 5.74) is 0.415. The Hall–Kier alpha value is -2.21.